The molecular weight excluding hydrogens is 304 g/mol. The van der Waals surface area contributed by atoms with Gasteiger partial charge in [0.05, 0.1) is 6.42 Å². The summed E-state index contributed by atoms with van der Waals surface area (Å²) in [6.45, 7) is 5.41. The Balaban J connectivity index is 2.52. The van der Waals surface area contributed by atoms with Gasteiger partial charge in [-0.3, -0.25) is 9.59 Å². The predicted molar refractivity (Wildman–Crippen MR) is 82.9 cm³/mol. The van der Waals surface area contributed by atoms with Gasteiger partial charge >= 0.3 is 5.97 Å². The normalized spacial score (nSPS) is 13.7. The molecule has 0 saturated heterocycles. The second-order valence-corrected chi connectivity index (χ2v) is 6.29. The molecule has 0 heterocycles. The highest BCUT2D eigenvalue weighted by Crippen LogP contribution is 2.21. The van der Waals surface area contributed by atoms with Crippen LogP contribution in [-0.2, 0) is 16.0 Å². The molecule has 0 fully saturated rings. The lowest BCUT2D eigenvalue weighted by Crippen LogP contribution is -2.51. The van der Waals surface area contributed by atoms with E-state index in [1.165, 1.54) is 6.07 Å². The van der Waals surface area contributed by atoms with Crippen LogP contribution in [0.5, 0.6) is 0 Å². The summed E-state index contributed by atoms with van der Waals surface area (Å²) in [5, 5.41) is 11.7. The summed E-state index contributed by atoms with van der Waals surface area (Å²) in [5.74, 6) is -3.05. The number of amides is 1. The number of hydrogen-bond acceptors (Lipinski definition) is 2. The van der Waals surface area contributed by atoms with Crippen LogP contribution in [0.2, 0.25) is 0 Å². The van der Waals surface area contributed by atoms with Crippen LogP contribution in [0.15, 0.2) is 18.2 Å². The minimum atomic E-state index is -0.969. The molecule has 2 N–H and O–H groups in total. The largest absolute Gasteiger partial charge is 0.481 e. The van der Waals surface area contributed by atoms with Gasteiger partial charge in [-0.15, -0.1) is 0 Å². The Hall–Kier alpha value is -1.98. The standard InChI is InChI=1S/C17H23F2NO3/c1-11(2)17(3,10-16(22)23)20-15(21)6-4-5-12-7-8-13(18)14(19)9-12/h7-9,11H,4-6,10H2,1-3H3,(H,20,21)(H,22,23). The molecule has 0 aliphatic carbocycles. The van der Waals surface area contributed by atoms with Crippen molar-refractivity contribution in [2.45, 2.75) is 52.0 Å². The van der Waals surface area contributed by atoms with Gasteiger partial charge in [0.2, 0.25) is 5.91 Å². The lowest BCUT2D eigenvalue weighted by Gasteiger charge is -2.33. The molecule has 0 aliphatic rings. The average Bonchev–Trinajstić information content (AvgIpc) is 2.41. The average molecular weight is 327 g/mol. The van der Waals surface area contributed by atoms with Crippen LogP contribution in [0.4, 0.5) is 8.78 Å². The van der Waals surface area contributed by atoms with Gasteiger partial charge in [0, 0.05) is 12.0 Å². The molecule has 4 nitrogen and oxygen atoms in total. The van der Waals surface area contributed by atoms with Gasteiger partial charge in [-0.05, 0) is 43.4 Å². The molecular formula is C17H23F2NO3. The first kappa shape index (κ1) is 19.1. The number of halogens is 2. The lowest BCUT2D eigenvalue weighted by atomic mass is 9.85. The Morgan fingerprint density at radius 1 is 1.26 bits per heavy atom. The third-order valence-electron chi connectivity index (χ3n) is 4.07. The van der Waals surface area contributed by atoms with Gasteiger partial charge < -0.3 is 10.4 Å². The molecule has 0 aliphatic heterocycles. The quantitative estimate of drug-likeness (QED) is 0.770. The van der Waals surface area contributed by atoms with Crippen LogP contribution in [-0.4, -0.2) is 22.5 Å². The van der Waals surface area contributed by atoms with E-state index < -0.39 is 23.1 Å². The number of benzene rings is 1. The molecule has 0 radical (unpaired) electrons. The van der Waals surface area contributed by atoms with Crippen molar-refractivity contribution in [3.8, 4) is 0 Å². The highest BCUT2D eigenvalue weighted by Gasteiger charge is 2.32. The lowest BCUT2D eigenvalue weighted by molar-refractivity contribution is -0.139. The number of aryl methyl sites for hydroxylation is 1. The van der Waals surface area contributed by atoms with E-state index in [-0.39, 0.29) is 24.7 Å². The fourth-order valence-corrected chi connectivity index (χ4v) is 2.24. The van der Waals surface area contributed by atoms with Crippen LogP contribution in [0.1, 0.15) is 45.6 Å². The smallest absolute Gasteiger partial charge is 0.305 e. The van der Waals surface area contributed by atoms with E-state index >= 15 is 0 Å². The molecule has 6 heteroatoms. The van der Waals surface area contributed by atoms with Crippen molar-refractivity contribution in [2.75, 3.05) is 0 Å². The Kier molecular flexibility index (Phi) is 6.66. The number of carbonyl (C=O) groups is 2. The van der Waals surface area contributed by atoms with Crippen molar-refractivity contribution in [2.24, 2.45) is 5.92 Å². The van der Waals surface area contributed by atoms with Gasteiger partial charge in [-0.1, -0.05) is 19.9 Å². The highest BCUT2D eigenvalue weighted by atomic mass is 19.2. The van der Waals surface area contributed by atoms with Crippen LogP contribution in [0.3, 0.4) is 0 Å². The van der Waals surface area contributed by atoms with E-state index in [4.69, 9.17) is 5.11 Å². The first-order chi connectivity index (χ1) is 10.6. The monoisotopic (exact) mass is 327 g/mol. The summed E-state index contributed by atoms with van der Waals surface area (Å²) in [5.41, 5.74) is -0.195. The SMILES string of the molecule is CC(C)C(C)(CC(=O)O)NC(=O)CCCc1ccc(F)c(F)c1. The van der Waals surface area contributed by atoms with Gasteiger partial charge in [0.1, 0.15) is 0 Å². The minimum Gasteiger partial charge on any atom is -0.481 e. The second-order valence-electron chi connectivity index (χ2n) is 6.29. The predicted octanol–water partition coefficient (Wildman–Crippen LogP) is 3.29. The summed E-state index contributed by atoms with van der Waals surface area (Å²) in [6, 6.07) is 3.67. The summed E-state index contributed by atoms with van der Waals surface area (Å²) in [7, 11) is 0. The highest BCUT2D eigenvalue weighted by molar-refractivity contribution is 5.78. The maximum atomic E-state index is 13.1. The van der Waals surface area contributed by atoms with E-state index in [1.807, 2.05) is 13.8 Å². The van der Waals surface area contributed by atoms with Crippen LogP contribution in [0, 0.1) is 17.6 Å². The second kappa shape index (κ2) is 8.04. The Morgan fingerprint density at radius 3 is 2.43 bits per heavy atom. The topological polar surface area (TPSA) is 66.4 Å². The van der Waals surface area contributed by atoms with Crippen molar-refractivity contribution in [1.29, 1.82) is 0 Å². The number of aliphatic carboxylic acids is 1. The molecule has 1 rings (SSSR count). The minimum absolute atomic E-state index is 0.0336. The van der Waals surface area contributed by atoms with Gasteiger partial charge in [-0.2, -0.15) is 0 Å². The molecule has 0 spiro atoms. The number of nitrogens with one attached hydrogen (secondary N) is 1. The number of hydrogen-bond donors (Lipinski definition) is 2. The summed E-state index contributed by atoms with van der Waals surface area (Å²) in [6.07, 6.45) is 0.959. The maximum absolute atomic E-state index is 13.1. The van der Waals surface area contributed by atoms with Crippen LogP contribution < -0.4 is 5.32 Å². The number of rotatable bonds is 8. The van der Waals surface area contributed by atoms with Gasteiger partial charge in [0.25, 0.3) is 0 Å². The Labute approximate surface area is 134 Å². The first-order valence-electron chi connectivity index (χ1n) is 7.61. The van der Waals surface area contributed by atoms with E-state index in [1.54, 1.807) is 6.92 Å². The van der Waals surface area contributed by atoms with Crippen LogP contribution in [0.25, 0.3) is 0 Å². The molecule has 1 atom stereocenters. The van der Waals surface area contributed by atoms with E-state index in [0.29, 0.717) is 18.4 Å². The molecule has 1 unspecified atom stereocenters. The first-order valence-corrected chi connectivity index (χ1v) is 7.61. The summed E-state index contributed by atoms with van der Waals surface area (Å²) >= 11 is 0. The Morgan fingerprint density at radius 2 is 1.91 bits per heavy atom. The van der Waals surface area contributed by atoms with Gasteiger partial charge in [0.15, 0.2) is 11.6 Å². The Bertz CT molecular complexity index is 575. The van der Waals surface area contributed by atoms with E-state index in [2.05, 4.69) is 5.32 Å². The van der Waals surface area contributed by atoms with Crippen molar-refractivity contribution in [3.63, 3.8) is 0 Å². The fraction of sp³-hybridized carbons (Fsp3) is 0.529. The molecule has 0 saturated carbocycles. The summed E-state index contributed by atoms with van der Waals surface area (Å²) in [4.78, 5) is 23.0. The molecule has 1 amide bonds. The van der Waals surface area contributed by atoms with Crippen molar-refractivity contribution in [1.82, 2.24) is 5.32 Å². The van der Waals surface area contributed by atoms with Crippen molar-refractivity contribution >= 4 is 11.9 Å². The number of carboxylic acids is 1. The van der Waals surface area contributed by atoms with Crippen LogP contribution >= 0.6 is 0 Å². The third kappa shape index (κ3) is 5.96. The molecule has 0 bridgehead atoms. The zero-order valence-corrected chi connectivity index (χ0v) is 13.7. The van der Waals surface area contributed by atoms with Gasteiger partial charge in [-0.25, -0.2) is 8.78 Å². The maximum Gasteiger partial charge on any atom is 0.305 e. The zero-order chi connectivity index (χ0) is 17.6. The molecule has 1 aromatic carbocycles. The van der Waals surface area contributed by atoms with Crippen molar-refractivity contribution < 1.29 is 23.5 Å². The fourth-order valence-electron chi connectivity index (χ4n) is 2.24. The third-order valence-corrected chi connectivity index (χ3v) is 4.07. The number of carbonyl (C=O) groups excluding carboxylic acids is 1. The van der Waals surface area contributed by atoms with Crippen molar-refractivity contribution in [3.05, 3.63) is 35.4 Å². The zero-order valence-electron chi connectivity index (χ0n) is 13.7. The number of carboxylic acid groups (broad SMARTS) is 1. The molecule has 23 heavy (non-hydrogen) atoms. The van der Waals surface area contributed by atoms with E-state index in [0.717, 1.165) is 12.1 Å². The molecule has 0 aromatic heterocycles. The molecule has 128 valence electrons. The summed E-state index contributed by atoms with van der Waals surface area (Å²) < 4.78 is 25.9. The molecule has 1 aromatic rings. The van der Waals surface area contributed by atoms with E-state index in [9.17, 15) is 18.4 Å².